The second kappa shape index (κ2) is 6.12. The van der Waals surface area contributed by atoms with Crippen molar-refractivity contribution < 1.29 is 9.84 Å². The maximum Gasteiger partial charge on any atom is 0.161 e. The van der Waals surface area contributed by atoms with Gasteiger partial charge in [0.15, 0.2) is 11.5 Å². The van der Waals surface area contributed by atoms with Crippen LogP contribution in [0.25, 0.3) is 6.08 Å². The predicted molar refractivity (Wildman–Crippen MR) is 63.2 cm³/mol. The van der Waals surface area contributed by atoms with E-state index in [1.165, 1.54) is 12.8 Å². The summed E-state index contributed by atoms with van der Waals surface area (Å²) in [5.74, 6) is 0.704. The third kappa shape index (κ3) is 3.66. The molecular formula is C13H18O2. The molecule has 15 heavy (non-hydrogen) atoms. The molecule has 0 fully saturated rings. The zero-order valence-corrected chi connectivity index (χ0v) is 9.36. The van der Waals surface area contributed by atoms with Crippen LogP contribution in [0.1, 0.15) is 31.7 Å². The Morgan fingerprint density at radius 2 is 2.20 bits per heavy atom. The zero-order chi connectivity index (χ0) is 11.1. The average molecular weight is 206 g/mol. The van der Waals surface area contributed by atoms with E-state index in [1.54, 1.807) is 13.2 Å². The molecule has 0 spiro atoms. The van der Waals surface area contributed by atoms with Gasteiger partial charge in [0.05, 0.1) is 7.11 Å². The summed E-state index contributed by atoms with van der Waals surface area (Å²) in [6.45, 7) is 2.18. The molecule has 0 atom stereocenters. The topological polar surface area (TPSA) is 29.5 Å². The predicted octanol–water partition coefficient (Wildman–Crippen LogP) is 3.60. The fourth-order valence-electron chi connectivity index (χ4n) is 1.34. The first kappa shape index (κ1) is 11.6. The van der Waals surface area contributed by atoms with Crippen molar-refractivity contribution in [3.8, 4) is 11.5 Å². The van der Waals surface area contributed by atoms with Crippen LogP contribution in [-0.4, -0.2) is 12.2 Å². The van der Waals surface area contributed by atoms with Crippen molar-refractivity contribution in [1.29, 1.82) is 0 Å². The molecule has 1 rings (SSSR count). The highest BCUT2D eigenvalue weighted by Crippen LogP contribution is 2.26. The van der Waals surface area contributed by atoms with Crippen LogP contribution >= 0.6 is 0 Å². The first-order chi connectivity index (χ1) is 7.27. The Morgan fingerprint density at radius 1 is 1.40 bits per heavy atom. The van der Waals surface area contributed by atoms with Crippen molar-refractivity contribution in [1.82, 2.24) is 0 Å². The Bertz CT molecular complexity index is 329. The molecule has 2 heteroatoms. The van der Waals surface area contributed by atoms with Gasteiger partial charge in [-0.25, -0.2) is 0 Å². The highest BCUT2D eigenvalue weighted by Gasteiger charge is 1.99. The molecule has 0 aliphatic rings. The number of methoxy groups -OCH3 is 1. The molecule has 0 bridgehead atoms. The minimum atomic E-state index is 0.184. The molecule has 0 amide bonds. The number of phenols is 1. The molecule has 2 nitrogen and oxygen atoms in total. The van der Waals surface area contributed by atoms with Crippen molar-refractivity contribution in [2.24, 2.45) is 0 Å². The number of hydrogen-bond acceptors (Lipinski definition) is 2. The van der Waals surface area contributed by atoms with Gasteiger partial charge in [-0.2, -0.15) is 0 Å². The number of benzene rings is 1. The monoisotopic (exact) mass is 206 g/mol. The Balaban J connectivity index is 2.65. The summed E-state index contributed by atoms with van der Waals surface area (Å²) < 4.78 is 5.03. The smallest absolute Gasteiger partial charge is 0.161 e. The summed E-state index contributed by atoms with van der Waals surface area (Å²) in [6, 6.07) is 5.36. The number of aromatic hydroxyl groups is 1. The largest absolute Gasteiger partial charge is 0.504 e. The molecule has 0 aromatic heterocycles. The van der Waals surface area contributed by atoms with Crippen LogP contribution in [0.2, 0.25) is 0 Å². The van der Waals surface area contributed by atoms with Crippen molar-refractivity contribution in [2.75, 3.05) is 7.11 Å². The normalized spacial score (nSPS) is 10.8. The van der Waals surface area contributed by atoms with Gasteiger partial charge in [-0.1, -0.05) is 38.0 Å². The van der Waals surface area contributed by atoms with Crippen molar-refractivity contribution in [3.63, 3.8) is 0 Å². The fourth-order valence-corrected chi connectivity index (χ4v) is 1.34. The summed E-state index contributed by atoms with van der Waals surface area (Å²) in [5.41, 5.74) is 1.06. The van der Waals surface area contributed by atoms with Gasteiger partial charge in [-0.05, 0) is 24.1 Å². The van der Waals surface area contributed by atoms with E-state index in [4.69, 9.17) is 4.74 Å². The molecule has 0 aliphatic carbocycles. The van der Waals surface area contributed by atoms with Crippen molar-refractivity contribution in [3.05, 3.63) is 29.8 Å². The van der Waals surface area contributed by atoms with Gasteiger partial charge in [0.25, 0.3) is 0 Å². The zero-order valence-electron chi connectivity index (χ0n) is 9.36. The van der Waals surface area contributed by atoms with Crippen molar-refractivity contribution in [2.45, 2.75) is 26.2 Å². The van der Waals surface area contributed by atoms with E-state index in [0.717, 1.165) is 12.0 Å². The Kier molecular flexibility index (Phi) is 4.75. The molecule has 1 N–H and O–H groups in total. The molecule has 1 aromatic carbocycles. The summed E-state index contributed by atoms with van der Waals surface area (Å²) in [6.07, 6.45) is 7.72. The van der Waals surface area contributed by atoms with Gasteiger partial charge >= 0.3 is 0 Å². The van der Waals surface area contributed by atoms with E-state index in [9.17, 15) is 5.11 Å². The van der Waals surface area contributed by atoms with Crippen molar-refractivity contribution >= 4 is 6.08 Å². The standard InChI is InChI=1S/C13H18O2/c1-3-4-5-6-7-11-8-9-12(14)13(10-11)15-2/h6-10,14H,3-5H2,1-2H3. The number of phenolic OH excluding ortho intramolecular Hbond substituents is 1. The maximum absolute atomic E-state index is 9.40. The second-order valence-corrected chi connectivity index (χ2v) is 3.48. The number of hydrogen-bond donors (Lipinski definition) is 1. The molecule has 0 heterocycles. The number of rotatable bonds is 5. The maximum atomic E-state index is 9.40. The van der Waals surface area contributed by atoms with E-state index in [2.05, 4.69) is 19.1 Å². The molecule has 0 radical (unpaired) electrons. The number of unbranched alkanes of at least 4 members (excludes halogenated alkanes) is 2. The van der Waals surface area contributed by atoms with E-state index in [-0.39, 0.29) is 5.75 Å². The highest BCUT2D eigenvalue weighted by molar-refractivity contribution is 5.55. The molecule has 0 saturated heterocycles. The molecule has 82 valence electrons. The molecule has 0 saturated carbocycles. The second-order valence-electron chi connectivity index (χ2n) is 3.48. The van der Waals surface area contributed by atoms with Gasteiger partial charge in [0, 0.05) is 0 Å². The fraction of sp³-hybridized carbons (Fsp3) is 0.385. The van der Waals surface area contributed by atoms with E-state index >= 15 is 0 Å². The summed E-state index contributed by atoms with van der Waals surface area (Å²) in [5, 5.41) is 9.40. The van der Waals surface area contributed by atoms with E-state index in [0.29, 0.717) is 5.75 Å². The Morgan fingerprint density at radius 3 is 2.87 bits per heavy atom. The first-order valence-electron chi connectivity index (χ1n) is 5.31. The van der Waals surface area contributed by atoms with Crippen LogP contribution in [0.3, 0.4) is 0 Å². The Hall–Kier alpha value is -1.44. The quantitative estimate of drug-likeness (QED) is 0.746. The average Bonchev–Trinajstić information content (AvgIpc) is 2.26. The molecule has 1 aromatic rings. The summed E-state index contributed by atoms with van der Waals surface area (Å²) >= 11 is 0. The summed E-state index contributed by atoms with van der Waals surface area (Å²) in [7, 11) is 1.56. The lowest BCUT2D eigenvalue weighted by atomic mass is 10.1. The van der Waals surface area contributed by atoms with Gasteiger partial charge in [0.2, 0.25) is 0 Å². The van der Waals surface area contributed by atoms with Crippen LogP contribution < -0.4 is 4.74 Å². The lowest BCUT2D eigenvalue weighted by Gasteiger charge is -2.03. The van der Waals surface area contributed by atoms with Gasteiger partial charge in [0.1, 0.15) is 0 Å². The molecule has 0 aliphatic heterocycles. The first-order valence-corrected chi connectivity index (χ1v) is 5.31. The Labute approximate surface area is 91.2 Å². The summed E-state index contributed by atoms with van der Waals surface area (Å²) in [4.78, 5) is 0. The van der Waals surface area contributed by atoms with E-state index < -0.39 is 0 Å². The minimum absolute atomic E-state index is 0.184. The highest BCUT2D eigenvalue weighted by atomic mass is 16.5. The van der Waals surface area contributed by atoms with Gasteiger partial charge < -0.3 is 9.84 Å². The number of ether oxygens (including phenoxy) is 1. The van der Waals surface area contributed by atoms with Crippen LogP contribution in [0.5, 0.6) is 11.5 Å². The van der Waals surface area contributed by atoms with Crippen LogP contribution in [0, 0.1) is 0 Å². The minimum Gasteiger partial charge on any atom is -0.504 e. The van der Waals surface area contributed by atoms with E-state index in [1.807, 2.05) is 12.1 Å². The SMILES string of the molecule is CCCCC=Cc1ccc(O)c(OC)c1. The van der Waals surface area contributed by atoms with Gasteiger partial charge in [-0.15, -0.1) is 0 Å². The van der Waals surface area contributed by atoms with Crippen LogP contribution in [0.4, 0.5) is 0 Å². The molecule has 0 unspecified atom stereocenters. The molecular weight excluding hydrogens is 188 g/mol. The third-order valence-electron chi connectivity index (χ3n) is 2.24. The van der Waals surface area contributed by atoms with Crippen LogP contribution in [-0.2, 0) is 0 Å². The lowest BCUT2D eigenvalue weighted by molar-refractivity contribution is 0.373. The van der Waals surface area contributed by atoms with Crippen LogP contribution in [0.15, 0.2) is 24.3 Å². The number of allylic oxidation sites excluding steroid dienone is 1. The lowest BCUT2D eigenvalue weighted by Crippen LogP contribution is -1.84. The van der Waals surface area contributed by atoms with Gasteiger partial charge in [-0.3, -0.25) is 0 Å². The third-order valence-corrected chi connectivity index (χ3v) is 2.24.